The molecule has 1 saturated carbocycles. The molecule has 3 amide bonds. The predicted octanol–water partition coefficient (Wildman–Crippen LogP) is 5.71. The molecule has 0 radical (unpaired) electrons. The highest BCUT2D eigenvalue weighted by Gasteiger charge is 2.40. The summed E-state index contributed by atoms with van der Waals surface area (Å²) in [5.74, 6) is 1.64. The summed E-state index contributed by atoms with van der Waals surface area (Å²) in [5.41, 5.74) is 0. The molecule has 0 aromatic heterocycles. The van der Waals surface area contributed by atoms with E-state index in [-0.39, 0.29) is 28.9 Å². The molecule has 2 rings (SSSR count). The maximum absolute atomic E-state index is 12.8. The minimum atomic E-state index is -0.173. The summed E-state index contributed by atoms with van der Waals surface area (Å²) in [5, 5.41) is 2.94. The van der Waals surface area contributed by atoms with Gasteiger partial charge < -0.3 is 5.32 Å². The van der Waals surface area contributed by atoms with E-state index >= 15 is 0 Å². The zero-order chi connectivity index (χ0) is 23.2. The molecule has 5 nitrogen and oxygen atoms in total. The average Bonchev–Trinajstić information content (AvgIpc) is 3.06. The quantitative estimate of drug-likeness (QED) is 0.234. The lowest BCUT2D eigenvalue weighted by atomic mass is 9.81. The largest absolute Gasteiger partial charge is 0.356 e. The Morgan fingerprint density at radius 1 is 0.906 bits per heavy atom. The number of unbranched alkanes of at least 4 members (excludes halogenated alkanes) is 8. The minimum Gasteiger partial charge on any atom is -0.356 e. The van der Waals surface area contributed by atoms with Crippen LogP contribution >= 0.6 is 11.8 Å². The lowest BCUT2D eigenvalue weighted by Crippen LogP contribution is -2.39. The van der Waals surface area contributed by atoms with Crippen molar-refractivity contribution in [3.8, 4) is 0 Å². The highest BCUT2D eigenvalue weighted by molar-refractivity contribution is 8.00. The smallest absolute Gasteiger partial charge is 0.242 e. The van der Waals surface area contributed by atoms with Gasteiger partial charge in [0.15, 0.2) is 0 Å². The molecule has 0 spiro atoms. The zero-order valence-corrected chi connectivity index (χ0v) is 21.4. The number of likely N-dealkylation sites (tertiary alicyclic amines) is 1. The van der Waals surface area contributed by atoms with Crippen LogP contribution in [0.25, 0.3) is 0 Å². The van der Waals surface area contributed by atoms with E-state index in [0.29, 0.717) is 18.9 Å². The SMILES string of the molecule is CCCCCCCNC(=O)C1CCC(CN2C(=O)CC(SCCCCCCC)C2=O)CC1. The maximum Gasteiger partial charge on any atom is 0.242 e. The molecule has 2 fully saturated rings. The number of amides is 3. The summed E-state index contributed by atoms with van der Waals surface area (Å²) in [6.45, 7) is 5.76. The topological polar surface area (TPSA) is 66.5 Å². The molecule has 1 N–H and O–H groups in total. The van der Waals surface area contributed by atoms with Crippen LogP contribution in [-0.4, -0.2) is 46.7 Å². The monoisotopic (exact) mass is 466 g/mol. The standard InChI is InChI=1S/C26H46N2O3S/c1-3-5-7-9-11-17-27-25(30)22-15-13-21(14-16-22)20-28-24(29)19-23(26(28)31)32-18-12-10-8-6-4-2/h21-23H,3-20H2,1-2H3,(H,27,30). The molecule has 1 aliphatic carbocycles. The van der Waals surface area contributed by atoms with Crippen molar-refractivity contribution in [3.05, 3.63) is 0 Å². The first-order valence-electron chi connectivity index (χ1n) is 13.3. The Morgan fingerprint density at radius 3 is 2.19 bits per heavy atom. The number of thioether (sulfide) groups is 1. The van der Waals surface area contributed by atoms with E-state index in [4.69, 9.17) is 0 Å². The highest BCUT2D eigenvalue weighted by atomic mass is 32.2. The molecule has 6 heteroatoms. The number of nitrogens with zero attached hydrogens (tertiary/aromatic N) is 1. The lowest BCUT2D eigenvalue weighted by Gasteiger charge is -2.30. The van der Waals surface area contributed by atoms with E-state index in [1.165, 1.54) is 56.3 Å². The Morgan fingerprint density at radius 2 is 1.53 bits per heavy atom. The first kappa shape index (κ1) is 27.2. The number of imide groups is 1. The van der Waals surface area contributed by atoms with Crippen LogP contribution in [-0.2, 0) is 14.4 Å². The zero-order valence-electron chi connectivity index (χ0n) is 20.5. The summed E-state index contributed by atoms with van der Waals surface area (Å²) in [6.07, 6.45) is 16.1. The Balaban J connectivity index is 1.62. The van der Waals surface area contributed by atoms with E-state index < -0.39 is 0 Å². The van der Waals surface area contributed by atoms with Crippen molar-refractivity contribution < 1.29 is 14.4 Å². The van der Waals surface area contributed by atoms with Crippen LogP contribution in [0.2, 0.25) is 0 Å². The third-order valence-corrected chi connectivity index (χ3v) is 8.30. The van der Waals surface area contributed by atoms with E-state index in [1.807, 2.05) is 0 Å². The van der Waals surface area contributed by atoms with Crippen molar-refractivity contribution in [2.24, 2.45) is 11.8 Å². The molecule has 32 heavy (non-hydrogen) atoms. The molecule has 0 aromatic carbocycles. The average molecular weight is 467 g/mol. The molecular formula is C26H46N2O3S. The molecule has 1 saturated heterocycles. The van der Waals surface area contributed by atoms with Crippen molar-refractivity contribution in [1.82, 2.24) is 10.2 Å². The second kappa shape index (κ2) is 15.7. The fourth-order valence-corrected chi connectivity index (χ4v) is 6.04. The van der Waals surface area contributed by atoms with Crippen LogP contribution in [0.1, 0.15) is 110 Å². The number of carbonyl (C=O) groups is 3. The van der Waals surface area contributed by atoms with Gasteiger partial charge in [-0.05, 0) is 50.2 Å². The van der Waals surface area contributed by atoms with Gasteiger partial charge in [0.2, 0.25) is 17.7 Å². The molecule has 184 valence electrons. The van der Waals surface area contributed by atoms with E-state index in [2.05, 4.69) is 19.2 Å². The fourth-order valence-electron chi connectivity index (χ4n) is 4.86. The van der Waals surface area contributed by atoms with Gasteiger partial charge in [-0.2, -0.15) is 0 Å². The molecule has 1 atom stereocenters. The minimum absolute atomic E-state index is 0.00132. The summed E-state index contributed by atoms with van der Waals surface area (Å²) in [4.78, 5) is 39.2. The van der Waals surface area contributed by atoms with Crippen LogP contribution in [0.5, 0.6) is 0 Å². The number of hydrogen-bond acceptors (Lipinski definition) is 4. The maximum atomic E-state index is 12.8. The molecular weight excluding hydrogens is 420 g/mol. The Hall–Kier alpha value is -1.04. The Bertz CT molecular complexity index is 575. The van der Waals surface area contributed by atoms with E-state index in [1.54, 1.807) is 11.8 Å². The van der Waals surface area contributed by atoms with Gasteiger partial charge in [-0.25, -0.2) is 0 Å². The van der Waals surface area contributed by atoms with Crippen molar-refractivity contribution >= 4 is 29.5 Å². The van der Waals surface area contributed by atoms with Gasteiger partial charge in [0.1, 0.15) is 0 Å². The van der Waals surface area contributed by atoms with Crippen molar-refractivity contribution in [3.63, 3.8) is 0 Å². The molecule has 2 aliphatic rings. The van der Waals surface area contributed by atoms with E-state index in [9.17, 15) is 14.4 Å². The summed E-state index contributed by atoms with van der Waals surface area (Å²) < 4.78 is 0. The first-order valence-corrected chi connectivity index (χ1v) is 14.3. The number of hydrogen-bond donors (Lipinski definition) is 1. The molecule has 1 heterocycles. The van der Waals surface area contributed by atoms with Gasteiger partial charge in [0, 0.05) is 25.4 Å². The molecule has 1 unspecified atom stereocenters. The number of carbonyl (C=O) groups excluding carboxylic acids is 3. The first-order chi connectivity index (χ1) is 15.6. The summed E-state index contributed by atoms with van der Waals surface area (Å²) >= 11 is 1.67. The van der Waals surface area contributed by atoms with Gasteiger partial charge in [-0.1, -0.05) is 65.2 Å². The van der Waals surface area contributed by atoms with Crippen molar-refractivity contribution in [2.75, 3.05) is 18.8 Å². The Kier molecular flexibility index (Phi) is 13.4. The van der Waals surface area contributed by atoms with Crippen LogP contribution in [0.3, 0.4) is 0 Å². The van der Waals surface area contributed by atoms with Crippen molar-refractivity contribution in [1.29, 1.82) is 0 Å². The van der Waals surface area contributed by atoms with Crippen LogP contribution in [0.4, 0.5) is 0 Å². The van der Waals surface area contributed by atoms with E-state index in [0.717, 1.165) is 50.8 Å². The normalized spacial score (nSPS) is 23.7. The fraction of sp³-hybridized carbons (Fsp3) is 0.885. The summed E-state index contributed by atoms with van der Waals surface area (Å²) in [7, 11) is 0. The van der Waals surface area contributed by atoms with Gasteiger partial charge in [0.05, 0.1) is 5.25 Å². The number of rotatable bonds is 16. The lowest BCUT2D eigenvalue weighted by molar-refractivity contribution is -0.139. The molecule has 0 bridgehead atoms. The molecule has 0 aromatic rings. The third-order valence-electron chi connectivity index (χ3n) is 7.01. The van der Waals surface area contributed by atoms with Gasteiger partial charge in [0.25, 0.3) is 0 Å². The number of nitrogens with one attached hydrogen (secondary N) is 1. The van der Waals surface area contributed by atoms with Crippen LogP contribution in [0.15, 0.2) is 0 Å². The summed E-state index contributed by atoms with van der Waals surface area (Å²) in [6, 6.07) is 0. The van der Waals surface area contributed by atoms with Crippen molar-refractivity contribution in [2.45, 2.75) is 115 Å². The van der Waals surface area contributed by atoms with Gasteiger partial charge >= 0.3 is 0 Å². The Labute approximate surface area is 200 Å². The second-order valence-corrected chi connectivity index (χ2v) is 11.1. The van der Waals surface area contributed by atoms with Crippen LogP contribution < -0.4 is 5.32 Å². The highest BCUT2D eigenvalue weighted by Crippen LogP contribution is 2.32. The van der Waals surface area contributed by atoms with Crippen LogP contribution in [0, 0.1) is 11.8 Å². The second-order valence-electron chi connectivity index (χ2n) is 9.74. The van der Waals surface area contributed by atoms with Gasteiger partial charge in [-0.3, -0.25) is 19.3 Å². The third kappa shape index (κ3) is 9.44. The molecule has 1 aliphatic heterocycles. The van der Waals surface area contributed by atoms with Gasteiger partial charge in [-0.15, -0.1) is 11.8 Å². The predicted molar refractivity (Wildman–Crippen MR) is 134 cm³/mol.